The number of rotatable bonds is 5. The summed E-state index contributed by atoms with van der Waals surface area (Å²) in [7, 11) is 3.43. The number of aromatic nitrogens is 4. The molecule has 0 fully saturated rings. The molecule has 1 N–H and O–H groups in total. The molecule has 0 aromatic carbocycles. The number of anilines is 1. The van der Waals surface area contributed by atoms with Gasteiger partial charge in [-0.2, -0.15) is 5.10 Å². The number of nitrogens with one attached hydrogen (secondary N) is 1. The summed E-state index contributed by atoms with van der Waals surface area (Å²) >= 11 is 5.90. The molecule has 18 heavy (non-hydrogen) atoms. The van der Waals surface area contributed by atoms with E-state index < -0.39 is 0 Å². The van der Waals surface area contributed by atoms with Gasteiger partial charge in [-0.1, -0.05) is 11.6 Å². The van der Waals surface area contributed by atoms with Gasteiger partial charge in [-0.15, -0.1) is 0 Å². The predicted octanol–water partition coefficient (Wildman–Crippen LogP) is 1.53. The maximum Gasteiger partial charge on any atom is 0.198 e. The maximum atomic E-state index is 5.90. The van der Waals surface area contributed by atoms with Crippen molar-refractivity contribution < 1.29 is 4.74 Å². The van der Waals surface area contributed by atoms with Gasteiger partial charge in [0.2, 0.25) is 0 Å². The first-order valence-electron chi connectivity index (χ1n) is 5.46. The molecule has 96 valence electrons. The zero-order chi connectivity index (χ0) is 13.0. The zero-order valence-corrected chi connectivity index (χ0v) is 11.0. The van der Waals surface area contributed by atoms with Crippen LogP contribution in [-0.4, -0.2) is 33.4 Å². The van der Waals surface area contributed by atoms with E-state index in [4.69, 9.17) is 16.3 Å². The second-order valence-corrected chi connectivity index (χ2v) is 4.10. The Labute approximate surface area is 110 Å². The minimum Gasteiger partial charge on any atom is -0.490 e. The van der Waals surface area contributed by atoms with Crippen molar-refractivity contribution >= 4 is 17.4 Å². The van der Waals surface area contributed by atoms with E-state index in [1.54, 1.807) is 4.68 Å². The Hall–Kier alpha value is -1.82. The molecule has 0 aliphatic rings. The van der Waals surface area contributed by atoms with Crippen molar-refractivity contribution in [2.24, 2.45) is 7.05 Å². The second-order valence-electron chi connectivity index (χ2n) is 3.75. The van der Waals surface area contributed by atoms with Crippen LogP contribution in [0.2, 0.25) is 5.15 Å². The number of ether oxygens (including phenoxy) is 1. The van der Waals surface area contributed by atoms with Crippen molar-refractivity contribution in [2.45, 2.75) is 6.42 Å². The standard InChI is InChI=1S/C11H14ClN5O/c1-17-6-8(5-16-17)3-4-13-11-9(18-2)10(12)14-7-15-11/h5-7H,3-4H2,1-2H3,(H,13,14,15). The Morgan fingerprint density at radius 3 is 2.94 bits per heavy atom. The van der Waals surface area contributed by atoms with Crippen molar-refractivity contribution in [3.63, 3.8) is 0 Å². The van der Waals surface area contributed by atoms with Crippen LogP contribution in [-0.2, 0) is 13.5 Å². The van der Waals surface area contributed by atoms with E-state index in [9.17, 15) is 0 Å². The van der Waals surface area contributed by atoms with Gasteiger partial charge in [0.25, 0.3) is 0 Å². The zero-order valence-electron chi connectivity index (χ0n) is 10.2. The van der Waals surface area contributed by atoms with Gasteiger partial charge in [0.05, 0.1) is 13.3 Å². The number of aryl methyl sites for hydroxylation is 1. The Kier molecular flexibility index (Phi) is 3.99. The van der Waals surface area contributed by atoms with Gasteiger partial charge in [-0.05, 0) is 12.0 Å². The average molecular weight is 268 g/mol. The summed E-state index contributed by atoms with van der Waals surface area (Å²) in [5.74, 6) is 1.06. The van der Waals surface area contributed by atoms with Gasteiger partial charge in [0, 0.05) is 19.8 Å². The van der Waals surface area contributed by atoms with Gasteiger partial charge in [0.15, 0.2) is 16.7 Å². The summed E-state index contributed by atoms with van der Waals surface area (Å²) in [4.78, 5) is 7.95. The first-order valence-corrected chi connectivity index (χ1v) is 5.84. The largest absolute Gasteiger partial charge is 0.490 e. The number of nitrogens with zero attached hydrogens (tertiary/aromatic N) is 4. The molecule has 6 nitrogen and oxygen atoms in total. The van der Waals surface area contributed by atoms with E-state index in [0.717, 1.165) is 18.5 Å². The Morgan fingerprint density at radius 1 is 1.44 bits per heavy atom. The molecule has 0 aliphatic carbocycles. The fraction of sp³-hybridized carbons (Fsp3) is 0.364. The van der Waals surface area contributed by atoms with E-state index >= 15 is 0 Å². The van der Waals surface area contributed by atoms with Crippen LogP contribution < -0.4 is 10.1 Å². The highest BCUT2D eigenvalue weighted by Crippen LogP contribution is 2.28. The number of methoxy groups -OCH3 is 1. The lowest BCUT2D eigenvalue weighted by molar-refractivity contribution is 0.413. The fourth-order valence-electron chi connectivity index (χ4n) is 1.59. The molecular formula is C11H14ClN5O. The fourth-order valence-corrected chi connectivity index (χ4v) is 1.80. The molecule has 0 radical (unpaired) electrons. The smallest absolute Gasteiger partial charge is 0.198 e. The molecule has 2 aromatic rings. The van der Waals surface area contributed by atoms with E-state index in [1.807, 2.05) is 19.4 Å². The lowest BCUT2D eigenvalue weighted by Crippen LogP contribution is -2.08. The van der Waals surface area contributed by atoms with Crippen molar-refractivity contribution in [2.75, 3.05) is 19.0 Å². The maximum absolute atomic E-state index is 5.90. The summed E-state index contributed by atoms with van der Waals surface area (Å²) < 4.78 is 6.92. The van der Waals surface area contributed by atoms with Gasteiger partial charge in [-0.25, -0.2) is 9.97 Å². The SMILES string of the molecule is COc1c(Cl)ncnc1NCCc1cnn(C)c1. The van der Waals surface area contributed by atoms with Crippen LogP contribution in [0.5, 0.6) is 5.75 Å². The molecule has 0 saturated heterocycles. The Balaban J connectivity index is 1.96. The molecule has 0 saturated carbocycles. The van der Waals surface area contributed by atoms with Gasteiger partial charge < -0.3 is 10.1 Å². The first-order chi connectivity index (χ1) is 8.70. The highest BCUT2D eigenvalue weighted by Gasteiger charge is 2.09. The molecule has 2 aromatic heterocycles. The lowest BCUT2D eigenvalue weighted by atomic mass is 10.2. The minimum absolute atomic E-state index is 0.302. The molecule has 0 spiro atoms. The lowest BCUT2D eigenvalue weighted by Gasteiger charge is -2.09. The van der Waals surface area contributed by atoms with Crippen LogP contribution in [0.15, 0.2) is 18.7 Å². The van der Waals surface area contributed by atoms with Crippen LogP contribution in [0, 0.1) is 0 Å². The van der Waals surface area contributed by atoms with Crippen LogP contribution in [0.1, 0.15) is 5.56 Å². The monoisotopic (exact) mass is 267 g/mol. The normalized spacial score (nSPS) is 10.4. The number of halogens is 1. The van der Waals surface area contributed by atoms with Crippen LogP contribution in [0.4, 0.5) is 5.82 Å². The number of hydrogen-bond acceptors (Lipinski definition) is 5. The van der Waals surface area contributed by atoms with Gasteiger partial charge >= 0.3 is 0 Å². The first kappa shape index (κ1) is 12.6. The van der Waals surface area contributed by atoms with E-state index in [-0.39, 0.29) is 0 Å². The summed E-state index contributed by atoms with van der Waals surface area (Å²) in [6.45, 7) is 0.718. The van der Waals surface area contributed by atoms with Gasteiger partial charge in [0.1, 0.15) is 6.33 Å². The third kappa shape index (κ3) is 2.89. The Bertz CT molecular complexity index is 528. The highest BCUT2D eigenvalue weighted by atomic mass is 35.5. The quantitative estimate of drug-likeness (QED) is 0.833. The van der Waals surface area contributed by atoms with Crippen molar-refractivity contribution in [3.05, 3.63) is 29.4 Å². The van der Waals surface area contributed by atoms with E-state index in [2.05, 4.69) is 20.4 Å². The average Bonchev–Trinajstić information content (AvgIpc) is 2.75. The molecule has 0 unspecified atom stereocenters. The van der Waals surface area contributed by atoms with Crippen LogP contribution >= 0.6 is 11.6 Å². The predicted molar refractivity (Wildman–Crippen MR) is 69.0 cm³/mol. The molecule has 2 heterocycles. The van der Waals surface area contributed by atoms with Crippen molar-refractivity contribution in [3.8, 4) is 5.75 Å². The molecule has 0 aliphatic heterocycles. The molecule has 0 bridgehead atoms. The van der Waals surface area contributed by atoms with E-state index in [1.165, 1.54) is 13.4 Å². The van der Waals surface area contributed by atoms with Crippen molar-refractivity contribution in [1.82, 2.24) is 19.7 Å². The van der Waals surface area contributed by atoms with E-state index in [0.29, 0.717) is 16.7 Å². The highest BCUT2D eigenvalue weighted by molar-refractivity contribution is 6.31. The molecule has 7 heteroatoms. The molecule has 2 rings (SSSR count). The number of hydrogen-bond donors (Lipinski definition) is 1. The molecular weight excluding hydrogens is 254 g/mol. The third-order valence-electron chi connectivity index (χ3n) is 2.43. The molecule has 0 atom stereocenters. The van der Waals surface area contributed by atoms with Crippen LogP contribution in [0.25, 0.3) is 0 Å². The van der Waals surface area contributed by atoms with Crippen LogP contribution in [0.3, 0.4) is 0 Å². The Morgan fingerprint density at radius 2 is 2.28 bits per heavy atom. The van der Waals surface area contributed by atoms with Crippen molar-refractivity contribution in [1.29, 1.82) is 0 Å². The molecule has 0 amide bonds. The summed E-state index contributed by atoms with van der Waals surface area (Å²) in [5.41, 5.74) is 1.16. The third-order valence-corrected chi connectivity index (χ3v) is 2.70. The topological polar surface area (TPSA) is 64.9 Å². The summed E-state index contributed by atoms with van der Waals surface area (Å²) in [5, 5.41) is 7.57. The second kappa shape index (κ2) is 5.68. The minimum atomic E-state index is 0.302. The summed E-state index contributed by atoms with van der Waals surface area (Å²) in [6, 6.07) is 0. The summed E-state index contributed by atoms with van der Waals surface area (Å²) in [6.07, 6.45) is 6.06. The van der Waals surface area contributed by atoms with Gasteiger partial charge in [-0.3, -0.25) is 4.68 Å².